The van der Waals surface area contributed by atoms with Crippen molar-refractivity contribution in [1.82, 2.24) is 20.3 Å². The van der Waals surface area contributed by atoms with E-state index >= 15 is 0 Å². The van der Waals surface area contributed by atoms with Crippen molar-refractivity contribution < 1.29 is 0 Å². The van der Waals surface area contributed by atoms with Crippen LogP contribution in [0.15, 0.2) is 30.6 Å². The number of halogens is 2. The van der Waals surface area contributed by atoms with Gasteiger partial charge in [-0.05, 0) is 69.7 Å². The first-order valence-corrected chi connectivity index (χ1v) is 9.51. The fourth-order valence-corrected chi connectivity index (χ4v) is 4.25. The zero-order valence-corrected chi connectivity index (χ0v) is 17.4. The standard InChI is InChI=1S/C20H27N5.2ClH/c1-15-13-19(24-20(23-15)18-3-2-8-22-14-18)25-11-6-17(7-12-25)16-4-9-21-10-5-16;;/h2-3,8,13-14,16-17,21H,4-7,9-12H2,1H3;2*1H. The number of hydrogen-bond donors (Lipinski definition) is 1. The average Bonchev–Trinajstić information content (AvgIpc) is 2.69. The Balaban J connectivity index is 0.00000131. The Hall–Kier alpha value is -1.43. The number of aromatic nitrogens is 3. The van der Waals surface area contributed by atoms with Crippen molar-refractivity contribution in [2.75, 3.05) is 31.1 Å². The van der Waals surface area contributed by atoms with E-state index in [9.17, 15) is 0 Å². The number of rotatable bonds is 3. The van der Waals surface area contributed by atoms with Crippen molar-refractivity contribution in [3.05, 3.63) is 36.3 Å². The third-order valence-corrected chi connectivity index (χ3v) is 5.67. The van der Waals surface area contributed by atoms with E-state index in [4.69, 9.17) is 4.98 Å². The molecule has 0 radical (unpaired) electrons. The highest BCUT2D eigenvalue weighted by molar-refractivity contribution is 5.85. The lowest BCUT2D eigenvalue weighted by atomic mass is 9.79. The van der Waals surface area contributed by atoms with E-state index in [1.54, 1.807) is 6.20 Å². The van der Waals surface area contributed by atoms with Crippen molar-refractivity contribution in [3.63, 3.8) is 0 Å². The average molecular weight is 410 g/mol. The minimum Gasteiger partial charge on any atom is -0.356 e. The van der Waals surface area contributed by atoms with Gasteiger partial charge in [-0.3, -0.25) is 4.98 Å². The zero-order valence-electron chi connectivity index (χ0n) is 15.8. The summed E-state index contributed by atoms with van der Waals surface area (Å²) in [5.74, 6) is 3.65. The molecule has 2 saturated heterocycles. The van der Waals surface area contributed by atoms with Crippen LogP contribution >= 0.6 is 24.8 Å². The molecule has 7 heteroatoms. The summed E-state index contributed by atoms with van der Waals surface area (Å²) in [5.41, 5.74) is 2.00. The first kappa shape index (κ1) is 21.9. The number of anilines is 1. The molecule has 5 nitrogen and oxygen atoms in total. The van der Waals surface area contributed by atoms with Crippen LogP contribution < -0.4 is 10.2 Å². The molecule has 0 spiro atoms. The lowest BCUT2D eigenvalue weighted by Gasteiger charge is -2.38. The second kappa shape index (κ2) is 10.2. The Kier molecular flexibility index (Phi) is 8.27. The van der Waals surface area contributed by atoms with Gasteiger partial charge in [-0.2, -0.15) is 0 Å². The largest absolute Gasteiger partial charge is 0.356 e. The third kappa shape index (κ3) is 5.31. The van der Waals surface area contributed by atoms with E-state index in [0.29, 0.717) is 0 Å². The molecule has 2 aromatic heterocycles. The van der Waals surface area contributed by atoms with Crippen LogP contribution in [0.25, 0.3) is 11.4 Å². The van der Waals surface area contributed by atoms with Gasteiger partial charge >= 0.3 is 0 Å². The number of piperidine rings is 2. The summed E-state index contributed by atoms with van der Waals surface area (Å²) < 4.78 is 0. The van der Waals surface area contributed by atoms with Gasteiger partial charge in [0.05, 0.1) is 0 Å². The van der Waals surface area contributed by atoms with E-state index in [2.05, 4.69) is 26.3 Å². The molecule has 2 aliphatic heterocycles. The van der Waals surface area contributed by atoms with Gasteiger partial charge in [0.2, 0.25) is 0 Å². The lowest BCUT2D eigenvalue weighted by molar-refractivity contribution is 0.221. The summed E-state index contributed by atoms with van der Waals surface area (Å²) in [6, 6.07) is 6.07. The maximum Gasteiger partial charge on any atom is 0.163 e. The fourth-order valence-electron chi connectivity index (χ4n) is 4.25. The summed E-state index contributed by atoms with van der Waals surface area (Å²) >= 11 is 0. The van der Waals surface area contributed by atoms with E-state index in [1.807, 2.05) is 25.3 Å². The minimum atomic E-state index is 0. The molecule has 0 amide bonds. The van der Waals surface area contributed by atoms with Gasteiger partial charge in [-0.25, -0.2) is 9.97 Å². The highest BCUT2D eigenvalue weighted by atomic mass is 35.5. The van der Waals surface area contributed by atoms with Crippen LogP contribution in [0, 0.1) is 18.8 Å². The number of aryl methyl sites for hydroxylation is 1. The minimum absolute atomic E-state index is 0. The molecule has 148 valence electrons. The molecule has 1 N–H and O–H groups in total. The number of nitrogens with zero attached hydrogens (tertiary/aromatic N) is 4. The molecule has 4 heterocycles. The van der Waals surface area contributed by atoms with Gasteiger partial charge in [0.1, 0.15) is 5.82 Å². The summed E-state index contributed by atoms with van der Waals surface area (Å²) in [5, 5.41) is 3.48. The van der Waals surface area contributed by atoms with E-state index in [-0.39, 0.29) is 24.8 Å². The van der Waals surface area contributed by atoms with Gasteiger partial charge in [0.25, 0.3) is 0 Å². The highest BCUT2D eigenvalue weighted by Gasteiger charge is 2.28. The van der Waals surface area contributed by atoms with Crippen LogP contribution in [0.1, 0.15) is 31.4 Å². The zero-order chi connectivity index (χ0) is 17.1. The predicted octanol–water partition coefficient (Wildman–Crippen LogP) is 3.91. The van der Waals surface area contributed by atoms with Crippen molar-refractivity contribution in [2.24, 2.45) is 11.8 Å². The van der Waals surface area contributed by atoms with Gasteiger partial charge in [0.15, 0.2) is 5.82 Å². The van der Waals surface area contributed by atoms with Gasteiger partial charge < -0.3 is 10.2 Å². The van der Waals surface area contributed by atoms with Crippen LogP contribution in [0.5, 0.6) is 0 Å². The Morgan fingerprint density at radius 2 is 1.70 bits per heavy atom. The number of pyridine rings is 1. The van der Waals surface area contributed by atoms with Crippen LogP contribution in [-0.2, 0) is 0 Å². The third-order valence-electron chi connectivity index (χ3n) is 5.67. The summed E-state index contributed by atoms with van der Waals surface area (Å²) in [7, 11) is 0. The molecular formula is C20H29Cl2N5. The summed E-state index contributed by atoms with van der Waals surface area (Å²) in [6.45, 7) is 6.66. The molecule has 4 rings (SSSR count). The van der Waals surface area contributed by atoms with E-state index < -0.39 is 0 Å². The van der Waals surface area contributed by atoms with Gasteiger partial charge in [-0.15, -0.1) is 24.8 Å². The van der Waals surface area contributed by atoms with Gasteiger partial charge in [-0.1, -0.05) is 0 Å². The SMILES string of the molecule is Cc1cc(N2CCC(C3CCNCC3)CC2)nc(-c2cccnc2)n1.Cl.Cl. The highest BCUT2D eigenvalue weighted by Crippen LogP contribution is 2.32. The fraction of sp³-hybridized carbons (Fsp3) is 0.550. The Morgan fingerprint density at radius 3 is 2.37 bits per heavy atom. The predicted molar refractivity (Wildman–Crippen MR) is 115 cm³/mol. The maximum absolute atomic E-state index is 4.83. The summed E-state index contributed by atoms with van der Waals surface area (Å²) in [4.78, 5) is 16.1. The lowest BCUT2D eigenvalue weighted by Crippen LogP contribution is -2.39. The molecule has 2 fully saturated rings. The molecule has 0 aromatic carbocycles. The smallest absolute Gasteiger partial charge is 0.163 e. The topological polar surface area (TPSA) is 53.9 Å². The van der Waals surface area contributed by atoms with Crippen LogP contribution in [0.2, 0.25) is 0 Å². The molecule has 0 atom stereocenters. The first-order valence-electron chi connectivity index (χ1n) is 9.51. The molecule has 0 aliphatic carbocycles. The van der Waals surface area contributed by atoms with Crippen molar-refractivity contribution in [2.45, 2.75) is 32.6 Å². The molecule has 27 heavy (non-hydrogen) atoms. The number of nitrogens with one attached hydrogen (secondary N) is 1. The monoisotopic (exact) mass is 409 g/mol. The quantitative estimate of drug-likeness (QED) is 0.832. The van der Waals surface area contributed by atoms with Crippen LogP contribution in [0.3, 0.4) is 0 Å². The van der Waals surface area contributed by atoms with Crippen molar-refractivity contribution >= 4 is 30.6 Å². The van der Waals surface area contributed by atoms with E-state index in [1.165, 1.54) is 38.8 Å². The Morgan fingerprint density at radius 1 is 1.00 bits per heavy atom. The summed E-state index contributed by atoms with van der Waals surface area (Å²) in [6.07, 6.45) is 8.89. The van der Waals surface area contributed by atoms with E-state index in [0.717, 1.165) is 47.8 Å². The normalized spacial score (nSPS) is 18.5. The number of hydrogen-bond acceptors (Lipinski definition) is 5. The molecule has 0 saturated carbocycles. The van der Waals surface area contributed by atoms with Gasteiger partial charge in [0, 0.05) is 42.8 Å². The Labute approximate surface area is 174 Å². The molecule has 2 aliphatic rings. The van der Waals surface area contributed by atoms with Crippen molar-refractivity contribution in [3.8, 4) is 11.4 Å². The molecular weight excluding hydrogens is 381 g/mol. The Bertz CT molecular complexity index is 699. The molecule has 0 unspecified atom stereocenters. The maximum atomic E-state index is 4.83. The molecule has 0 bridgehead atoms. The second-order valence-electron chi connectivity index (χ2n) is 7.34. The van der Waals surface area contributed by atoms with Crippen molar-refractivity contribution in [1.29, 1.82) is 0 Å². The molecule has 2 aromatic rings. The van der Waals surface area contributed by atoms with Crippen LogP contribution in [0.4, 0.5) is 5.82 Å². The van der Waals surface area contributed by atoms with Crippen LogP contribution in [-0.4, -0.2) is 41.1 Å². The second-order valence-corrected chi connectivity index (χ2v) is 7.34. The first-order chi connectivity index (χ1) is 12.3.